The van der Waals surface area contributed by atoms with E-state index in [9.17, 15) is 0 Å². The van der Waals surface area contributed by atoms with Crippen LogP contribution in [0.4, 0.5) is 11.4 Å². The van der Waals surface area contributed by atoms with E-state index >= 15 is 0 Å². The normalized spacial score (nSPS) is 11.0. The predicted octanol–water partition coefficient (Wildman–Crippen LogP) is 5.44. The molecule has 2 nitrogen and oxygen atoms in total. The zero-order chi connectivity index (χ0) is 14.9. The summed E-state index contributed by atoms with van der Waals surface area (Å²) in [5.74, 6) is 0. The van der Waals surface area contributed by atoms with Crippen LogP contribution < -0.4 is 5.32 Å². The summed E-state index contributed by atoms with van der Waals surface area (Å²) in [4.78, 5) is 4.51. The fourth-order valence-electron chi connectivity index (χ4n) is 2.91. The first-order valence-corrected chi connectivity index (χ1v) is 7.42. The van der Waals surface area contributed by atoms with Crippen LogP contribution in [0.3, 0.4) is 0 Å². The van der Waals surface area contributed by atoms with Crippen molar-refractivity contribution in [1.29, 1.82) is 0 Å². The molecule has 0 amide bonds. The van der Waals surface area contributed by atoms with Crippen molar-refractivity contribution in [1.82, 2.24) is 4.98 Å². The van der Waals surface area contributed by atoms with Crippen LogP contribution in [0.15, 0.2) is 72.9 Å². The van der Waals surface area contributed by atoms with Crippen LogP contribution in [0.25, 0.3) is 21.7 Å². The number of hydrogen-bond donors (Lipinski definition) is 1. The Morgan fingerprint density at radius 2 is 1.45 bits per heavy atom. The smallest absolute Gasteiger partial charge is 0.0751 e. The molecule has 0 radical (unpaired) electrons. The first kappa shape index (κ1) is 12.8. The van der Waals surface area contributed by atoms with E-state index in [1.807, 2.05) is 12.3 Å². The lowest BCUT2D eigenvalue weighted by molar-refractivity contribution is 1.36. The van der Waals surface area contributed by atoms with E-state index < -0.39 is 0 Å². The summed E-state index contributed by atoms with van der Waals surface area (Å²) in [5.41, 5.74) is 4.45. The number of aromatic nitrogens is 1. The molecule has 1 aromatic heterocycles. The maximum atomic E-state index is 4.51. The molecule has 0 bridgehead atoms. The first-order valence-electron chi connectivity index (χ1n) is 7.42. The van der Waals surface area contributed by atoms with Crippen LogP contribution in [0.5, 0.6) is 0 Å². The Morgan fingerprint density at radius 3 is 2.41 bits per heavy atom. The molecule has 2 heteroatoms. The summed E-state index contributed by atoms with van der Waals surface area (Å²) in [7, 11) is 0. The highest BCUT2D eigenvalue weighted by Gasteiger charge is 2.06. The number of hydrogen-bond acceptors (Lipinski definition) is 2. The first-order chi connectivity index (χ1) is 10.8. The number of pyridine rings is 1. The van der Waals surface area contributed by atoms with E-state index in [1.165, 1.54) is 16.3 Å². The van der Waals surface area contributed by atoms with E-state index in [0.29, 0.717) is 0 Å². The van der Waals surface area contributed by atoms with Gasteiger partial charge in [-0.25, -0.2) is 0 Å². The lowest BCUT2D eigenvalue weighted by Gasteiger charge is -2.12. The van der Waals surface area contributed by atoms with Gasteiger partial charge < -0.3 is 5.32 Å². The average molecular weight is 284 g/mol. The highest BCUT2D eigenvalue weighted by molar-refractivity contribution is 6.00. The SMILES string of the molecule is Cc1cccc2c(Nc3cccc4ccccc34)ccnc12. The predicted molar refractivity (Wildman–Crippen MR) is 93.7 cm³/mol. The van der Waals surface area contributed by atoms with Gasteiger partial charge in [0.05, 0.1) is 5.52 Å². The summed E-state index contributed by atoms with van der Waals surface area (Å²) in [6.45, 7) is 2.09. The van der Waals surface area contributed by atoms with Crippen LogP contribution in [0, 0.1) is 6.92 Å². The molecule has 0 atom stereocenters. The van der Waals surface area contributed by atoms with Crippen molar-refractivity contribution in [3.8, 4) is 0 Å². The number of nitrogens with one attached hydrogen (secondary N) is 1. The van der Waals surface area contributed by atoms with E-state index in [-0.39, 0.29) is 0 Å². The summed E-state index contributed by atoms with van der Waals surface area (Å²) < 4.78 is 0. The Kier molecular flexibility index (Phi) is 3.01. The topological polar surface area (TPSA) is 24.9 Å². The summed E-state index contributed by atoms with van der Waals surface area (Å²) in [5, 5.41) is 7.19. The average Bonchev–Trinajstić information content (AvgIpc) is 2.56. The lowest BCUT2D eigenvalue weighted by atomic mass is 10.1. The van der Waals surface area contributed by atoms with Crippen LogP contribution in [0.2, 0.25) is 0 Å². The molecular weight excluding hydrogens is 268 g/mol. The van der Waals surface area contributed by atoms with Crippen molar-refractivity contribution in [2.75, 3.05) is 5.32 Å². The molecule has 4 rings (SSSR count). The number of anilines is 2. The van der Waals surface area contributed by atoms with Gasteiger partial charge >= 0.3 is 0 Å². The number of rotatable bonds is 2. The van der Waals surface area contributed by atoms with Crippen LogP contribution in [0.1, 0.15) is 5.56 Å². The molecule has 0 unspecified atom stereocenters. The minimum absolute atomic E-state index is 1.05. The Hall–Kier alpha value is -2.87. The van der Waals surface area contributed by atoms with Gasteiger partial charge in [-0.2, -0.15) is 0 Å². The fourth-order valence-corrected chi connectivity index (χ4v) is 2.91. The van der Waals surface area contributed by atoms with Gasteiger partial charge in [0.15, 0.2) is 0 Å². The summed E-state index contributed by atoms with van der Waals surface area (Å²) in [6, 6.07) is 23.1. The molecule has 0 saturated carbocycles. The Labute approximate surface area is 129 Å². The highest BCUT2D eigenvalue weighted by atomic mass is 14.9. The Bertz CT molecular complexity index is 968. The molecule has 22 heavy (non-hydrogen) atoms. The summed E-state index contributed by atoms with van der Waals surface area (Å²) in [6.07, 6.45) is 1.86. The quantitative estimate of drug-likeness (QED) is 0.530. The van der Waals surface area contributed by atoms with Gasteiger partial charge in [0.1, 0.15) is 0 Å². The maximum Gasteiger partial charge on any atom is 0.0751 e. The van der Waals surface area contributed by atoms with Crippen molar-refractivity contribution in [3.05, 3.63) is 78.5 Å². The molecule has 0 aliphatic carbocycles. The van der Waals surface area contributed by atoms with Crippen LogP contribution in [-0.2, 0) is 0 Å². The van der Waals surface area contributed by atoms with Crippen LogP contribution >= 0.6 is 0 Å². The van der Waals surface area contributed by atoms with E-state index in [2.05, 4.69) is 77.9 Å². The lowest BCUT2D eigenvalue weighted by Crippen LogP contribution is -1.94. The Morgan fingerprint density at radius 1 is 0.727 bits per heavy atom. The molecule has 1 N–H and O–H groups in total. The zero-order valence-corrected chi connectivity index (χ0v) is 12.4. The largest absolute Gasteiger partial charge is 0.354 e. The van der Waals surface area contributed by atoms with Gasteiger partial charge in [-0.15, -0.1) is 0 Å². The second-order valence-electron chi connectivity index (χ2n) is 5.48. The highest BCUT2D eigenvalue weighted by Crippen LogP contribution is 2.30. The van der Waals surface area contributed by atoms with Gasteiger partial charge in [-0.3, -0.25) is 4.98 Å². The molecule has 0 aliphatic heterocycles. The minimum Gasteiger partial charge on any atom is -0.354 e. The molecule has 0 saturated heterocycles. The monoisotopic (exact) mass is 284 g/mol. The number of fused-ring (bicyclic) bond motifs is 2. The third-order valence-electron chi connectivity index (χ3n) is 4.03. The standard InChI is InChI=1S/C20H16N2/c1-14-6-4-10-17-19(12-13-21-20(14)17)22-18-11-5-8-15-7-2-3-9-16(15)18/h2-13H,1H3,(H,21,22). The van der Waals surface area contributed by atoms with Gasteiger partial charge in [-0.1, -0.05) is 54.6 Å². The van der Waals surface area contributed by atoms with Crippen LogP contribution in [-0.4, -0.2) is 4.98 Å². The molecule has 3 aromatic carbocycles. The van der Waals surface area contributed by atoms with Gasteiger partial charge in [0, 0.05) is 28.3 Å². The van der Waals surface area contributed by atoms with E-state index in [4.69, 9.17) is 0 Å². The van der Waals surface area contributed by atoms with Gasteiger partial charge in [-0.05, 0) is 30.0 Å². The second kappa shape index (κ2) is 5.15. The molecule has 0 aliphatic rings. The summed E-state index contributed by atoms with van der Waals surface area (Å²) >= 11 is 0. The third kappa shape index (κ3) is 2.09. The number of benzene rings is 3. The van der Waals surface area contributed by atoms with Crippen molar-refractivity contribution in [3.63, 3.8) is 0 Å². The maximum absolute atomic E-state index is 4.51. The van der Waals surface area contributed by atoms with Crippen molar-refractivity contribution < 1.29 is 0 Å². The number of nitrogens with zero attached hydrogens (tertiary/aromatic N) is 1. The second-order valence-corrected chi connectivity index (χ2v) is 5.48. The van der Waals surface area contributed by atoms with Gasteiger partial charge in [0.25, 0.3) is 0 Å². The third-order valence-corrected chi connectivity index (χ3v) is 4.03. The minimum atomic E-state index is 1.05. The van der Waals surface area contributed by atoms with E-state index in [0.717, 1.165) is 22.3 Å². The fraction of sp³-hybridized carbons (Fsp3) is 0.0500. The Balaban J connectivity index is 1.88. The molecule has 106 valence electrons. The number of para-hydroxylation sites is 1. The molecular formula is C20H16N2. The molecule has 0 fully saturated rings. The number of aryl methyl sites for hydroxylation is 1. The molecule has 1 heterocycles. The van der Waals surface area contributed by atoms with Crippen molar-refractivity contribution in [2.24, 2.45) is 0 Å². The van der Waals surface area contributed by atoms with Crippen molar-refractivity contribution in [2.45, 2.75) is 6.92 Å². The van der Waals surface area contributed by atoms with Crippen molar-refractivity contribution >= 4 is 33.1 Å². The molecule has 0 spiro atoms. The van der Waals surface area contributed by atoms with E-state index in [1.54, 1.807) is 0 Å². The zero-order valence-electron chi connectivity index (χ0n) is 12.4. The van der Waals surface area contributed by atoms with Gasteiger partial charge in [0.2, 0.25) is 0 Å². The molecule has 4 aromatic rings.